The van der Waals surface area contributed by atoms with E-state index in [9.17, 15) is 19.8 Å². The van der Waals surface area contributed by atoms with Gasteiger partial charge in [-0.15, -0.1) is 0 Å². The van der Waals surface area contributed by atoms with Crippen LogP contribution in [0.1, 0.15) is 40.9 Å². The Labute approximate surface area is 112 Å². The third kappa shape index (κ3) is 4.46. The second-order valence-corrected chi connectivity index (χ2v) is 4.52. The average Bonchev–Trinajstić information content (AvgIpc) is 2.38. The van der Waals surface area contributed by atoms with Crippen molar-refractivity contribution in [2.24, 2.45) is 0 Å². The van der Waals surface area contributed by atoms with Crippen molar-refractivity contribution in [3.8, 4) is 0 Å². The van der Waals surface area contributed by atoms with Crippen LogP contribution >= 0.6 is 0 Å². The highest BCUT2D eigenvalue weighted by Crippen LogP contribution is 2.23. The first-order valence-electron chi connectivity index (χ1n) is 6.12. The number of aliphatic hydroxyl groups is 2. The van der Waals surface area contributed by atoms with E-state index in [1.807, 2.05) is 0 Å². The summed E-state index contributed by atoms with van der Waals surface area (Å²) in [6.45, 7) is 3.48. The van der Waals surface area contributed by atoms with Gasteiger partial charge in [0.1, 0.15) is 12.4 Å². The van der Waals surface area contributed by atoms with Crippen LogP contribution in [0.25, 0.3) is 0 Å². The molecule has 5 heteroatoms. The van der Waals surface area contributed by atoms with E-state index in [1.165, 1.54) is 6.92 Å². The van der Waals surface area contributed by atoms with Crippen LogP contribution in [0.4, 0.5) is 0 Å². The molecule has 0 aliphatic heterocycles. The lowest BCUT2D eigenvalue weighted by atomic mass is 9.96. The highest BCUT2D eigenvalue weighted by molar-refractivity contribution is 5.75. The molecule has 0 radical (unpaired) electrons. The number of nitrogens with one attached hydrogen (secondary N) is 1. The Kier molecular flexibility index (Phi) is 5.66. The zero-order valence-electron chi connectivity index (χ0n) is 11.1. The molecule has 5 nitrogen and oxygen atoms in total. The molecule has 1 rings (SSSR count). The van der Waals surface area contributed by atoms with Crippen molar-refractivity contribution >= 4 is 12.2 Å². The van der Waals surface area contributed by atoms with Gasteiger partial charge >= 0.3 is 0 Å². The van der Waals surface area contributed by atoms with Gasteiger partial charge in [0.25, 0.3) is 0 Å². The van der Waals surface area contributed by atoms with Crippen molar-refractivity contribution in [2.75, 3.05) is 6.54 Å². The summed E-state index contributed by atoms with van der Waals surface area (Å²) in [5.74, 6) is -0.180. The van der Waals surface area contributed by atoms with Gasteiger partial charge in [0.15, 0.2) is 0 Å². The molecule has 104 valence electrons. The number of amides is 1. The first-order valence-corrected chi connectivity index (χ1v) is 6.12. The van der Waals surface area contributed by atoms with E-state index >= 15 is 0 Å². The molecule has 0 bridgehead atoms. The number of rotatable bonds is 6. The lowest BCUT2D eigenvalue weighted by Gasteiger charge is -2.20. The molecule has 0 aliphatic carbocycles. The van der Waals surface area contributed by atoms with E-state index < -0.39 is 12.2 Å². The molecule has 19 heavy (non-hydrogen) atoms. The topological polar surface area (TPSA) is 86.6 Å². The maximum atomic E-state index is 10.7. The molecular formula is C14H19NO4. The van der Waals surface area contributed by atoms with E-state index in [-0.39, 0.29) is 12.3 Å². The van der Waals surface area contributed by atoms with Gasteiger partial charge in [-0.1, -0.05) is 12.1 Å². The molecule has 1 aromatic carbocycles. The molecule has 0 spiro atoms. The SMILES string of the molecule is CC(=O)NCCC(O)C(O)c1cc(C=O)ccc1C. The molecular weight excluding hydrogens is 246 g/mol. The number of benzene rings is 1. The Morgan fingerprint density at radius 3 is 2.68 bits per heavy atom. The Balaban J connectivity index is 2.72. The zero-order chi connectivity index (χ0) is 14.4. The Morgan fingerprint density at radius 2 is 2.11 bits per heavy atom. The second kappa shape index (κ2) is 7.01. The van der Waals surface area contributed by atoms with Crippen LogP contribution in [-0.4, -0.2) is 35.1 Å². The quantitative estimate of drug-likeness (QED) is 0.662. The molecule has 2 atom stereocenters. The molecule has 3 N–H and O–H groups in total. The molecule has 0 saturated heterocycles. The number of carbonyl (C=O) groups excluding carboxylic acids is 2. The van der Waals surface area contributed by atoms with Gasteiger partial charge in [0, 0.05) is 19.0 Å². The van der Waals surface area contributed by atoms with E-state index in [4.69, 9.17) is 0 Å². The first kappa shape index (κ1) is 15.3. The normalized spacial score (nSPS) is 13.7. The standard InChI is InChI=1S/C14H19NO4/c1-9-3-4-11(8-16)7-12(9)14(19)13(18)5-6-15-10(2)17/h3-4,7-8,13-14,18-19H,5-6H2,1-2H3,(H,15,17). The minimum atomic E-state index is -1.08. The number of carbonyl (C=O) groups is 2. The highest BCUT2D eigenvalue weighted by Gasteiger charge is 2.20. The smallest absolute Gasteiger partial charge is 0.216 e. The van der Waals surface area contributed by atoms with Crippen LogP contribution in [0.2, 0.25) is 0 Å². The average molecular weight is 265 g/mol. The van der Waals surface area contributed by atoms with Crippen molar-refractivity contribution in [1.82, 2.24) is 5.32 Å². The number of aldehydes is 1. The number of aliphatic hydroxyl groups excluding tert-OH is 2. The molecule has 2 unspecified atom stereocenters. The summed E-state index contributed by atoms with van der Waals surface area (Å²) in [6, 6.07) is 4.94. The summed E-state index contributed by atoms with van der Waals surface area (Å²) in [5.41, 5.74) is 1.78. The van der Waals surface area contributed by atoms with Crippen LogP contribution in [0.3, 0.4) is 0 Å². The van der Waals surface area contributed by atoms with Crippen LogP contribution in [0.15, 0.2) is 18.2 Å². The molecule has 1 aromatic rings. The molecule has 0 saturated carbocycles. The maximum Gasteiger partial charge on any atom is 0.216 e. The van der Waals surface area contributed by atoms with Gasteiger partial charge in [0.05, 0.1) is 6.10 Å². The van der Waals surface area contributed by atoms with Crippen LogP contribution in [0.5, 0.6) is 0 Å². The molecule has 0 heterocycles. The van der Waals surface area contributed by atoms with Gasteiger partial charge < -0.3 is 15.5 Å². The Bertz CT molecular complexity index is 459. The van der Waals surface area contributed by atoms with Gasteiger partial charge in [-0.2, -0.15) is 0 Å². The number of aryl methyl sites for hydroxylation is 1. The molecule has 0 fully saturated rings. The predicted molar refractivity (Wildman–Crippen MR) is 70.8 cm³/mol. The summed E-state index contributed by atoms with van der Waals surface area (Å²) in [6.07, 6.45) is -1.13. The van der Waals surface area contributed by atoms with E-state index in [1.54, 1.807) is 25.1 Å². The van der Waals surface area contributed by atoms with Crippen molar-refractivity contribution in [2.45, 2.75) is 32.5 Å². The Morgan fingerprint density at radius 1 is 1.42 bits per heavy atom. The maximum absolute atomic E-state index is 10.7. The van der Waals surface area contributed by atoms with Crippen molar-refractivity contribution in [3.05, 3.63) is 34.9 Å². The highest BCUT2D eigenvalue weighted by atomic mass is 16.3. The van der Waals surface area contributed by atoms with Crippen LogP contribution < -0.4 is 5.32 Å². The summed E-state index contributed by atoms with van der Waals surface area (Å²) >= 11 is 0. The van der Waals surface area contributed by atoms with Crippen LogP contribution in [-0.2, 0) is 4.79 Å². The predicted octanol–water partition coefficient (Wildman–Crippen LogP) is 0.728. The van der Waals surface area contributed by atoms with Gasteiger partial charge in [-0.3, -0.25) is 9.59 Å². The third-order valence-electron chi connectivity index (χ3n) is 2.94. The fourth-order valence-corrected chi connectivity index (χ4v) is 1.81. The summed E-state index contributed by atoms with van der Waals surface area (Å²) < 4.78 is 0. The van der Waals surface area contributed by atoms with Gasteiger partial charge in [-0.25, -0.2) is 0 Å². The molecule has 1 amide bonds. The zero-order valence-corrected chi connectivity index (χ0v) is 11.1. The monoisotopic (exact) mass is 265 g/mol. The molecule has 0 aromatic heterocycles. The fraction of sp³-hybridized carbons (Fsp3) is 0.429. The van der Waals surface area contributed by atoms with E-state index in [2.05, 4.69) is 5.32 Å². The van der Waals surface area contributed by atoms with E-state index in [0.29, 0.717) is 24.0 Å². The first-order chi connectivity index (χ1) is 8.95. The van der Waals surface area contributed by atoms with Crippen molar-refractivity contribution in [1.29, 1.82) is 0 Å². The number of hydrogen-bond donors (Lipinski definition) is 3. The van der Waals surface area contributed by atoms with Crippen molar-refractivity contribution < 1.29 is 19.8 Å². The van der Waals surface area contributed by atoms with Crippen molar-refractivity contribution in [3.63, 3.8) is 0 Å². The lowest BCUT2D eigenvalue weighted by Crippen LogP contribution is -2.28. The fourth-order valence-electron chi connectivity index (χ4n) is 1.81. The largest absolute Gasteiger partial charge is 0.390 e. The minimum Gasteiger partial charge on any atom is -0.390 e. The summed E-state index contributed by atoms with van der Waals surface area (Å²) in [5, 5.41) is 22.5. The third-order valence-corrected chi connectivity index (χ3v) is 2.94. The number of hydrogen-bond acceptors (Lipinski definition) is 4. The van der Waals surface area contributed by atoms with Crippen LogP contribution in [0, 0.1) is 6.92 Å². The minimum absolute atomic E-state index is 0.180. The van der Waals surface area contributed by atoms with E-state index in [0.717, 1.165) is 5.56 Å². The second-order valence-electron chi connectivity index (χ2n) is 4.52. The Hall–Kier alpha value is -1.72. The van der Waals surface area contributed by atoms with Gasteiger partial charge in [-0.05, 0) is 30.5 Å². The summed E-state index contributed by atoms with van der Waals surface area (Å²) in [7, 11) is 0. The summed E-state index contributed by atoms with van der Waals surface area (Å²) in [4.78, 5) is 21.4. The lowest BCUT2D eigenvalue weighted by molar-refractivity contribution is -0.119. The molecule has 0 aliphatic rings. The van der Waals surface area contributed by atoms with Gasteiger partial charge in [0.2, 0.25) is 5.91 Å².